The molecule has 202 valence electrons. The van der Waals surface area contributed by atoms with Crippen LogP contribution in [-0.4, -0.2) is 39.5 Å². The van der Waals surface area contributed by atoms with E-state index in [1.54, 1.807) is 4.68 Å². The van der Waals surface area contributed by atoms with Crippen LogP contribution in [0.2, 0.25) is 0 Å². The van der Waals surface area contributed by atoms with Crippen LogP contribution in [-0.2, 0) is 20.8 Å². The normalized spacial score (nSPS) is 17.8. The monoisotopic (exact) mass is 517 g/mol. The first kappa shape index (κ1) is 27.7. The average molecular weight is 518 g/mol. The third-order valence-electron chi connectivity index (χ3n) is 6.88. The van der Waals surface area contributed by atoms with Gasteiger partial charge in [-0.05, 0) is 78.2 Å². The number of esters is 1. The van der Waals surface area contributed by atoms with Crippen LogP contribution < -0.4 is 5.69 Å². The van der Waals surface area contributed by atoms with Crippen LogP contribution in [0.4, 0.5) is 0 Å². The minimum atomic E-state index is -0.503. The molecule has 1 aliphatic rings. The lowest BCUT2D eigenvalue weighted by molar-refractivity contribution is -0.160. The Morgan fingerprint density at radius 1 is 0.921 bits per heavy atom. The Hall–Kier alpha value is -3.32. The number of aryl methyl sites for hydroxylation is 2. The number of aromatic nitrogens is 3. The second kappa shape index (κ2) is 12.0. The van der Waals surface area contributed by atoms with E-state index in [9.17, 15) is 9.59 Å². The smallest absolute Gasteiger partial charge is 0.364 e. The summed E-state index contributed by atoms with van der Waals surface area (Å²) in [6.45, 7) is 10.7. The van der Waals surface area contributed by atoms with E-state index >= 15 is 0 Å². The van der Waals surface area contributed by atoms with Crippen molar-refractivity contribution >= 4 is 5.97 Å². The largest absolute Gasteiger partial charge is 0.458 e. The number of ether oxygens (including phenoxy) is 2. The van der Waals surface area contributed by atoms with Crippen molar-refractivity contribution in [3.8, 4) is 22.5 Å². The Morgan fingerprint density at radius 3 is 2.26 bits per heavy atom. The topological polar surface area (TPSA) is 83.3 Å². The fraction of sp³-hybridized carbons (Fsp3) is 0.484. The van der Waals surface area contributed by atoms with E-state index in [0.29, 0.717) is 30.7 Å². The van der Waals surface area contributed by atoms with Gasteiger partial charge in [-0.1, -0.05) is 53.6 Å². The highest BCUT2D eigenvalue weighted by Crippen LogP contribution is 2.31. The van der Waals surface area contributed by atoms with Crippen LogP contribution >= 0.6 is 0 Å². The number of nitrogens with zero attached hydrogens (tertiary/aromatic N) is 3. The predicted octanol–water partition coefficient (Wildman–Crippen LogP) is 5.75. The molecule has 0 amide bonds. The van der Waals surface area contributed by atoms with Gasteiger partial charge in [-0.15, -0.1) is 0 Å². The van der Waals surface area contributed by atoms with Gasteiger partial charge in [0.25, 0.3) is 0 Å². The first-order chi connectivity index (χ1) is 18.1. The van der Waals surface area contributed by atoms with Gasteiger partial charge in [0.2, 0.25) is 0 Å². The standard InChI is InChI=1S/C31H39N3O4/c1-21-9-15-25(16-10-21)29-28(26-8-6-7-22(2)17-26)32-30(36)34(33-29)18-23-11-13-24(14-12-23)19-37-20-27(35)38-31(3,4)5/h6-10,15-17,23-24H,11-14,18-20H2,1-5H3. The van der Waals surface area contributed by atoms with Gasteiger partial charge in [0.15, 0.2) is 0 Å². The Balaban J connectivity index is 1.43. The van der Waals surface area contributed by atoms with Gasteiger partial charge in [-0.25, -0.2) is 14.3 Å². The lowest BCUT2D eigenvalue weighted by Gasteiger charge is -2.28. The van der Waals surface area contributed by atoms with E-state index in [0.717, 1.165) is 48.1 Å². The molecule has 0 saturated heterocycles. The first-order valence-electron chi connectivity index (χ1n) is 13.5. The highest BCUT2D eigenvalue weighted by molar-refractivity contribution is 5.77. The summed E-state index contributed by atoms with van der Waals surface area (Å²) in [4.78, 5) is 29.5. The summed E-state index contributed by atoms with van der Waals surface area (Å²) in [7, 11) is 0. The molecule has 7 nitrogen and oxygen atoms in total. The summed E-state index contributed by atoms with van der Waals surface area (Å²) in [6, 6.07) is 16.2. The van der Waals surface area contributed by atoms with E-state index in [2.05, 4.69) is 24.0 Å². The highest BCUT2D eigenvalue weighted by Gasteiger charge is 2.24. The molecular formula is C31H39N3O4. The van der Waals surface area contributed by atoms with Crippen molar-refractivity contribution in [3.05, 3.63) is 70.1 Å². The van der Waals surface area contributed by atoms with Crippen molar-refractivity contribution < 1.29 is 14.3 Å². The summed E-state index contributed by atoms with van der Waals surface area (Å²) < 4.78 is 12.5. The fourth-order valence-electron chi connectivity index (χ4n) is 4.94. The fourth-order valence-corrected chi connectivity index (χ4v) is 4.94. The van der Waals surface area contributed by atoms with Gasteiger partial charge in [0, 0.05) is 17.7 Å². The molecule has 0 aliphatic heterocycles. The molecule has 4 rings (SSSR count). The molecule has 1 fully saturated rings. The summed E-state index contributed by atoms with van der Waals surface area (Å²) in [5, 5.41) is 4.86. The van der Waals surface area contributed by atoms with Crippen molar-refractivity contribution in [1.82, 2.24) is 14.8 Å². The van der Waals surface area contributed by atoms with E-state index in [1.807, 2.05) is 64.1 Å². The molecule has 38 heavy (non-hydrogen) atoms. The van der Waals surface area contributed by atoms with Gasteiger partial charge < -0.3 is 9.47 Å². The summed E-state index contributed by atoms with van der Waals surface area (Å²) in [5.74, 6) is 0.422. The van der Waals surface area contributed by atoms with Crippen molar-refractivity contribution in [3.63, 3.8) is 0 Å². The van der Waals surface area contributed by atoms with Crippen LogP contribution in [0.15, 0.2) is 53.3 Å². The van der Waals surface area contributed by atoms with Crippen LogP contribution in [0.5, 0.6) is 0 Å². The Kier molecular flexibility index (Phi) is 8.77. The zero-order valence-corrected chi connectivity index (χ0v) is 23.2. The van der Waals surface area contributed by atoms with Crippen LogP contribution in [0, 0.1) is 25.7 Å². The minimum absolute atomic E-state index is 0.0166. The van der Waals surface area contributed by atoms with Gasteiger partial charge in [-0.3, -0.25) is 0 Å². The van der Waals surface area contributed by atoms with E-state index in [4.69, 9.17) is 14.6 Å². The predicted molar refractivity (Wildman–Crippen MR) is 149 cm³/mol. The Bertz CT molecular complexity index is 1300. The highest BCUT2D eigenvalue weighted by atomic mass is 16.6. The third-order valence-corrected chi connectivity index (χ3v) is 6.88. The molecule has 1 saturated carbocycles. The zero-order valence-electron chi connectivity index (χ0n) is 23.2. The Labute approximate surface area is 225 Å². The summed E-state index contributed by atoms with van der Waals surface area (Å²) in [6.07, 6.45) is 3.95. The molecule has 1 heterocycles. The molecule has 0 radical (unpaired) electrons. The van der Waals surface area contributed by atoms with Crippen molar-refractivity contribution in [2.45, 2.75) is 72.4 Å². The maximum Gasteiger partial charge on any atom is 0.364 e. The van der Waals surface area contributed by atoms with Gasteiger partial charge >= 0.3 is 11.7 Å². The number of benzene rings is 2. The molecule has 0 unspecified atom stereocenters. The third kappa shape index (κ3) is 7.60. The van der Waals surface area contributed by atoms with E-state index in [-0.39, 0.29) is 18.3 Å². The number of carbonyl (C=O) groups is 1. The lowest BCUT2D eigenvalue weighted by Crippen LogP contribution is -2.32. The maximum atomic E-state index is 13.1. The van der Waals surface area contributed by atoms with Crippen molar-refractivity contribution in [2.75, 3.05) is 13.2 Å². The zero-order chi connectivity index (χ0) is 27.3. The molecule has 2 aromatic carbocycles. The summed E-state index contributed by atoms with van der Waals surface area (Å²) >= 11 is 0. The molecule has 1 aromatic heterocycles. The molecule has 7 heteroatoms. The number of carbonyl (C=O) groups excluding carboxylic acids is 1. The lowest BCUT2D eigenvalue weighted by atomic mass is 9.82. The molecule has 0 spiro atoms. The quantitative estimate of drug-likeness (QED) is 0.354. The van der Waals surface area contributed by atoms with Gasteiger partial charge in [-0.2, -0.15) is 10.1 Å². The average Bonchev–Trinajstić information content (AvgIpc) is 2.85. The minimum Gasteiger partial charge on any atom is -0.458 e. The van der Waals surface area contributed by atoms with Gasteiger partial charge in [0.1, 0.15) is 23.6 Å². The first-order valence-corrected chi connectivity index (χ1v) is 13.5. The van der Waals surface area contributed by atoms with Crippen molar-refractivity contribution in [1.29, 1.82) is 0 Å². The molecule has 0 bridgehead atoms. The number of hydrogen-bond acceptors (Lipinski definition) is 6. The second-order valence-corrected chi connectivity index (χ2v) is 11.5. The number of rotatable bonds is 8. The molecule has 0 atom stereocenters. The van der Waals surface area contributed by atoms with Crippen LogP contribution in [0.3, 0.4) is 0 Å². The maximum absolute atomic E-state index is 13.1. The molecule has 1 aliphatic carbocycles. The SMILES string of the molecule is Cc1ccc(-c2nn(CC3CCC(COCC(=O)OC(C)(C)C)CC3)c(=O)nc2-c2cccc(C)c2)cc1. The molecular weight excluding hydrogens is 478 g/mol. The van der Waals surface area contributed by atoms with Gasteiger partial charge in [0.05, 0.1) is 6.61 Å². The van der Waals surface area contributed by atoms with E-state index in [1.165, 1.54) is 5.56 Å². The van der Waals surface area contributed by atoms with E-state index < -0.39 is 5.60 Å². The number of hydrogen-bond donors (Lipinski definition) is 0. The summed E-state index contributed by atoms with van der Waals surface area (Å²) in [5.41, 5.74) is 4.62. The molecule has 0 N–H and O–H groups in total. The second-order valence-electron chi connectivity index (χ2n) is 11.5. The molecule has 3 aromatic rings. The Morgan fingerprint density at radius 2 is 1.61 bits per heavy atom. The van der Waals surface area contributed by atoms with Crippen LogP contribution in [0.1, 0.15) is 57.6 Å². The van der Waals surface area contributed by atoms with Crippen LogP contribution in [0.25, 0.3) is 22.5 Å². The van der Waals surface area contributed by atoms with Crippen molar-refractivity contribution in [2.24, 2.45) is 11.8 Å².